The van der Waals surface area contributed by atoms with Crippen LogP contribution in [-0.4, -0.2) is 37.7 Å². The smallest absolute Gasteiger partial charge is 0.346 e. The maximum atomic E-state index is 12.8. The van der Waals surface area contributed by atoms with E-state index in [1.54, 1.807) is 0 Å². The van der Waals surface area contributed by atoms with E-state index in [0.717, 1.165) is 16.4 Å². The molecule has 124 valence electrons. The number of benzene rings is 1. The standard InChI is InChI=1S/C12H15F3N2O4S/c13-10-3-1-9(2-4-10)7-17(6-5-11(16)18)22(19,20)8-21-12(14)15/h1-4,12H,5-8H2,(H2,16,18). The number of nitrogens with zero attached hydrogens (tertiary/aromatic N) is 1. The number of hydrogen-bond donors (Lipinski definition) is 1. The Hall–Kier alpha value is -1.65. The van der Waals surface area contributed by atoms with Crippen molar-refractivity contribution in [1.29, 1.82) is 0 Å². The summed E-state index contributed by atoms with van der Waals surface area (Å²) < 4.78 is 65.3. The number of hydrogen-bond acceptors (Lipinski definition) is 4. The molecule has 0 aromatic heterocycles. The van der Waals surface area contributed by atoms with Gasteiger partial charge >= 0.3 is 6.61 Å². The van der Waals surface area contributed by atoms with Gasteiger partial charge in [0.25, 0.3) is 0 Å². The number of ether oxygens (including phenoxy) is 1. The highest BCUT2D eigenvalue weighted by atomic mass is 32.2. The summed E-state index contributed by atoms with van der Waals surface area (Å²) >= 11 is 0. The number of halogens is 3. The molecule has 0 saturated heterocycles. The Morgan fingerprint density at radius 1 is 1.27 bits per heavy atom. The molecule has 10 heteroatoms. The number of primary amides is 1. The molecule has 1 aromatic carbocycles. The molecule has 1 rings (SSSR count). The lowest BCUT2D eigenvalue weighted by Crippen LogP contribution is -2.36. The second-order valence-corrected chi connectivity index (χ2v) is 6.25. The van der Waals surface area contributed by atoms with Gasteiger partial charge in [-0.3, -0.25) is 4.79 Å². The summed E-state index contributed by atoms with van der Waals surface area (Å²) in [5, 5.41) is 0. The number of rotatable bonds is 9. The molecule has 22 heavy (non-hydrogen) atoms. The summed E-state index contributed by atoms with van der Waals surface area (Å²) in [6, 6.07) is 4.94. The molecule has 0 saturated carbocycles. The van der Waals surface area contributed by atoms with Crippen LogP contribution in [0.2, 0.25) is 0 Å². The average molecular weight is 340 g/mol. The Morgan fingerprint density at radius 2 is 1.86 bits per heavy atom. The Balaban J connectivity index is 2.86. The van der Waals surface area contributed by atoms with E-state index in [9.17, 15) is 26.4 Å². The molecule has 1 amide bonds. The van der Waals surface area contributed by atoms with Gasteiger partial charge in [0.1, 0.15) is 5.82 Å². The van der Waals surface area contributed by atoms with Crippen LogP contribution in [0.15, 0.2) is 24.3 Å². The number of carbonyl (C=O) groups is 1. The fourth-order valence-corrected chi connectivity index (χ4v) is 2.70. The van der Waals surface area contributed by atoms with Crippen LogP contribution in [0.4, 0.5) is 13.2 Å². The van der Waals surface area contributed by atoms with E-state index < -0.39 is 34.3 Å². The van der Waals surface area contributed by atoms with Gasteiger partial charge in [0, 0.05) is 19.5 Å². The molecule has 0 unspecified atom stereocenters. The normalized spacial score (nSPS) is 12.0. The minimum Gasteiger partial charge on any atom is -0.370 e. The molecular formula is C12H15F3N2O4S. The average Bonchev–Trinajstić information content (AvgIpc) is 2.43. The molecule has 0 bridgehead atoms. The van der Waals surface area contributed by atoms with E-state index in [0.29, 0.717) is 5.56 Å². The first-order valence-electron chi connectivity index (χ1n) is 6.11. The number of sulfonamides is 1. The van der Waals surface area contributed by atoms with Gasteiger partial charge in [-0.05, 0) is 17.7 Å². The summed E-state index contributed by atoms with van der Waals surface area (Å²) in [5.74, 6) is -2.48. The van der Waals surface area contributed by atoms with Crippen LogP contribution in [0.5, 0.6) is 0 Å². The number of alkyl halides is 2. The predicted octanol–water partition coefficient (Wildman–Crippen LogP) is 1.03. The molecule has 0 fully saturated rings. The summed E-state index contributed by atoms with van der Waals surface area (Å²) in [7, 11) is -4.19. The first kappa shape index (κ1) is 18.4. The van der Waals surface area contributed by atoms with Crippen molar-refractivity contribution in [2.45, 2.75) is 19.6 Å². The summed E-state index contributed by atoms with van der Waals surface area (Å²) in [6.45, 7) is -3.75. The van der Waals surface area contributed by atoms with E-state index in [1.165, 1.54) is 12.1 Å². The first-order valence-corrected chi connectivity index (χ1v) is 7.72. The lowest BCUT2D eigenvalue weighted by Gasteiger charge is -2.21. The second-order valence-electron chi connectivity index (χ2n) is 4.33. The van der Waals surface area contributed by atoms with Gasteiger partial charge in [-0.15, -0.1) is 0 Å². The highest BCUT2D eigenvalue weighted by Crippen LogP contribution is 2.13. The monoisotopic (exact) mass is 340 g/mol. The van der Waals surface area contributed by atoms with Gasteiger partial charge in [0.15, 0.2) is 5.94 Å². The van der Waals surface area contributed by atoms with Crippen LogP contribution < -0.4 is 5.73 Å². The second kappa shape index (κ2) is 8.11. The van der Waals surface area contributed by atoms with Crippen molar-refractivity contribution in [3.05, 3.63) is 35.6 Å². The minimum atomic E-state index is -4.19. The predicted molar refractivity (Wildman–Crippen MR) is 71.5 cm³/mol. The SMILES string of the molecule is NC(=O)CCN(Cc1ccc(F)cc1)S(=O)(=O)COC(F)F. The lowest BCUT2D eigenvalue weighted by atomic mass is 10.2. The Bertz CT molecular complexity index is 593. The van der Waals surface area contributed by atoms with E-state index in [2.05, 4.69) is 4.74 Å². The molecule has 0 radical (unpaired) electrons. The zero-order valence-corrected chi connectivity index (χ0v) is 12.2. The largest absolute Gasteiger partial charge is 0.370 e. The highest BCUT2D eigenvalue weighted by Gasteiger charge is 2.24. The van der Waals surface area contributed by atoms with Crippen LogP contribution in [0.1, 0.15) is 12.0 Å². The zero-order chi connectivity index (χ0) is 16.8. The Kier molecular flexibility index (Phi) is 6.78. The van der Waals surface area contributed by atoms with Crippen LogP contribution in [0, 0.1) is 5.82 Å². The van der Waals surface area contributed by atoms with Crippen molar-refractivity contribution < 1.29 is 31.1 Å². The molecule has 0 atom stereocenters. The molecular weight excluding hydrogens is 325 g/mol. The molecule has 0 aliphatic heterocycles. The van der Waals surface area contributed by atoms with Crippen LogP contribution in [0.25, 0.3) is 0 Å². The highest BCUT2D eigenvalue weighted by molar-refractivity contribution is 7.88. The van der Waals surface area contributed by atoms with Gasteiger partial charge in [0.05, 0.1) is 0 Å². The summed E-state index contributed by atoms with van der Waals surface area (Å²) in [4.78, 5) is 10.8. The third-order valence-corrected chi connectivity index (χ3v) is 4.15. The van der Waals surface area contributed by atoms with Crippen molar-refractivity contribution in [3.8, 4) is 0 Å². The molecule has 6 nitrogen and oxygen atoms in total. The van der Waals surface area contributed by atoms with Crippen molar-refractivity contribution in [2.75, 3.05) is 12.5 Å². The van der Waals surface area contributed by atoms with E-state index in [1.807, 2.05) is 0 Å². The minimum absolute atomic E-state index is 0.220. The Morgan fingerprint density at radius 3 is 2.36 bits per heavy atom. The lowest BCUT2D eigenvalue weighted by molar-refractivity contribution is -0.118. The van der Waals surface area contributed by atoms with Crippen LogP contribution in [0.3, 0.4) is 0 Å². The van der Waals surface area contributed by atoms with E-state index in [-0.39, 0.29) is 19.5 Å². The zero-order valence-electron chi connectivity index (χ0n) is 11.4. The van der Waals surface area contributed by atoms with Crippen LogP contribution in [-0.2, 0) is 26.1 Å². The fourth-order valence-electron chi connectivity index (χ4n) is 1.56. The fraction of sp³-hybridized carbons (Fsp3) is 0.417. The molecule has 0 aliphatic rings. The van der Waals surface area contributed by atoms with Gasteiger partial charge in [-0.2, -0.15) is 13.1 Å². The topological polar surface area (TPSA) is 89.7 Å². The first-order chi connectivity index (χ1) is 10.2. The summed E-state index contributed by atoms with van der Waals surface area (Å²) in [5.41, 5.74) is 5.38. The maximum Gasteiger partial charge on any atom is 0.346 e. The number of carbonyl (C=O) groups excluding carboxylic acids is 1. The Labute approximate surface area is 125 Å². The maximum absolute atomic E-state index is 12.8. The number of nitrogens with two attached hydrogens (primary N) is 1. The molecule has 2 N–H and O–H groups in total. The van der Waals surface area contributed by atoms with Crippen LogP contribution >= 0.6 is 0 Å². The van der Waals surface area contributed by atoms with Crippen molar-refractivity contribution in [1.82, 2.24) is 4.31 Å². The van der Waals surface area contributed by atoms with Crippen molar-refractivity contribution >= 4 is 15.9 Å². The molecule has 0 aliphatic carbocycles. The molecule has 1 aromatic rings. The third kappa shape index (κ3) is 6.41. The molecule has 0 spiro atoms. The quantitative estimate of drug-likeness (QED) is 0.727. The van der Waals surface area contributed by atoms with E-state index >= 15 is 0 Å². The van der Waals surface area contributed by atoms with Gasteiger partial charge in [-0.1, -0.05) is 12.1 Å². The number of amides is 1. The van der Waals surface area contributed by atoms with E-state index in [4.69, 9.17) is 5.73 Å². The van der Waals surface area contributed by atoms with Crippen molar-refractivity contribution in [2.24, 2.45) is 5.73 Å². The molecule has 0 heterocycles. The van der Waals surface area contributed by atoms with Gasteiger partial charge < -0.3 is 10.5 Å². The third-order valence-electron chi connectivity index (χ3n) is 2.62. The van der Waals surface area contributed by atoms with Gasteiger partial charge in [0.2, 0.25) is 15.9 Å². The van der Waals surface area contributed by atoms with Gasteiger partial charge in [-0.25, -0.2) is 12.8 Å². The van der Waals surface area contributed by atoms with Crippen molar-refractivity contribution in [3.63, 3.8) is 0 Å². The summed E-state index contributed by atoms with van der Waals surface area (Å²) in [6.07, 6.45) is -0.283.